The summed E-state index contributed by atoms with van der Waals surface area (Å²) in [5.41, 5.74) is 1.11. The zero-order chi connectivity index (χ0) is 18.5. The minimum Gasteiger partial charge on any atom is -0.497 e. The summed E-state index contributed by atoms with van der Waals surface area (Å²) in [6.07, 6.45) is 2.53. The molecule has 0 spiro atoms. The number of nitrogens with zero attached hydrogens (tertiary/aromatic N) is 2. The number of hydrogen-bond donors (Lipinski definition) is 1. The largest absolute Gasteiger partial charge is 0.497 e. The lowest BCUT2D eigenvalue weighted by molar-refractivity contribution is -0.116. The van der Waals surface area contributed by atoms with Crippen molar-refractivity contribution in [3.05, 3.63) is 35.6 Å². The highest BCUT2D eigenvalue weighted by Gasteiger charge is 2.29. The van der Waals surface area contributed by atoms with E-state index < -0.39 is 0 Å². The van der Waals surface area contributed by atoms with E-state index in [2.05, 4.69) is 15.4 Å². The van der Waals surface area contributed by atoms with Gasteiger partial charge in [0.2, 0.25) is 5.91 Å². The number of nitrogens with one attached hydrogen (secondary N) is 1. The summed E-state index contributed by atoms with van der Waals surface area (Å²) in [6.45, 7) is 3.42. The molecule has 1 aromatic carbocycles. The van der Waals surface area contributed by atoms with Crippen molar-refractivity contribution >= 4 is 11.7 Å². The molecule has 0 bridgehead atoms. The van der Waals surface area contributed by atoms with Gasteiger partial charge in [-0.2, -0.15) is 0 Å². The second-order valence-corrected chi connectivity index (χ2v) is 6.42. The average molecular weight is 359 g/mol. The second-order valence-electron chi connectivity index (χ2n) is 6.42. The maximum absolute atomic E-state index is 12.2. The van der Waals surface area contributed by atoms with Crippen molar-refractivity contribution in [2.24, 2.45) is 0 Å². The Hall–Kier alpha value is -2.54. The van der Waals surface area contributed by atoms with Crippen LogP contribution in [0.15, 0.2) is 28.8 Å². The Kier molecular flexibility index (Phi) is 5.78. The average Bonchev–Trinajstić information content (AvgIpc) is 3.28. The lowest BCUT2D eigenvalue weighted by atomic mass is 10.0. The predicted molar refractivity (Wildman–Crippen MR) is 97.6 cm³/mol. The molecule has 1 aliphatic heterocycles. The van der Waals surface area contributed by atoms with Gasteiger partial charge in [0, 0.05) is 30.6 Å². The number of benzene rings is 1. The number of carbonyl (C=O) groups is 1. The monoisotopic (exact) mass is 359 g/mol. The van der Waals surface area contributed by atoms with Gasteiger partial charge in [-0.25, -0.2) is 0 Å². The first kappa shape index (κ1) is 18.3. The minimum absolute atomic E-state index is 0.0680. The van der Waals surface area contributed by atoms with Crippen LogP contribution < -0.4 is 14.8 Å². The van der Waals surface area contributed by atoms with Crippen LogP contribution >= 0.6 is 0 Å². The van der Waals surface area contributed by atoms with E-state index in [0.29, 0.717) is 24.5 Å². The topological polar surface area (TPSA) is 76.8 Å². The zero-order valence-corrected chi connectivity index (χ0v) is 15.4. The van der Waals surface area contributed by atoms with Crippen molar-refractivity contribution in [3.63, 3.8) is 0 Å². The lowest BCUT2D eigenvalue weighted by Crippen LogP contribution is -2.28. The number of aromatic nitrogens is 1. The van der Waals surface area contributed by atoms with Gasteiger partial charge in [-0.05, 0) is 44.5 Å². The number of likely N-dealkylation sites (tertiary alicyclic amines) is 1. The smallest absolute Gasteiger partial charge is 0.226 e. The molecular formula is C19H25N3O4. The summed E-state index contributed by atoms with van der Waals surface area (Å²) in [6, 6.07) is 7.79. The minimum atomic E-state index is -0.0680. The number of carbonyl (C=O) groups excluding carboxylic acids is 1. The Morgan fingerprint density at radius 1 is 1.35 bits per heavy atom. The molecule has 3 rings (SSSR count). The first-order chi connectivity index (χ1) is 12.6. The first-order valence-electron chi connectivity index (χ1n) is 8.80. The van der Waals surface area contributed by atoms with E-state index in [0.717, 1.165) is 36.4 Å². The van der Waals surface area contributed by atoms with Crippen molar-refractivity contribution in [2.45, 2.75) is 32.2 Å². The highest BCUT2D eigenvalue weighted by atomic mass is 16.5. The molecule has 0 radical (unpaired) electrons. The molecule has 2 aromatic rings. The van der Waals surface area contributed by atoms with Gasteiger partial charge in [0.1, 0.15) is 17.3 Å². The van der Waals surface area contributed by atoms with E-state index >= 15 is 0 Å². The lowest BCUT2D eigenvalue weighted by Gasteiger charge is -2.26. The molecule has 1 aromatic heterocycles. The Labute approximate surface area is 153 Å². The molecular weight excluding hydrogens is 334 g/mol. The van der Waals surface area contributed by atoms with E-state index in [4.69, 9.17) is 14.0 Å². The van der Waals surface area contributed by atoms with Gasteiger partial charge < -0.3 is 19.3 Å². The highest BCUT2D eigenvalue weighted by molar-refractivity contribution is 5.89. The number of rotatable bonds is 7. The fourth-order valence-electron chi connectivity index (χ4n) is 3.42. The van der Waals surface area contributed by atoms with Crippen molar-refractivity contribution in [1.82, 2.24) is 10.1 Å². The van der Waals surface area contributed by atoms with Gasteiger partial charge in [0.15, 0.2) is 5.82 Å². The summed E-state index contributed by atoms with van der Waals surface area (Å²) in [7, 11) is 3.34. The maximum Gasteiger partial charge on any atom is 0.226 e. The number of anilines is 1. The van der Waals surface area contributed by atoms with Crippen LogP contribution in [0.5, 0.6) is 11.5 Å². The molecule has 1 N–H and O–H groups in total. The summed E-state index contributed by atoms with van der Waals surface area (Å²) in [5.74, 6) is 2.73. The molecule has 7 heteroatoms. The van der Waals surface area contributed by atoms with Crippen LogP contribution in [0.1, 0.15) is 36.6 Å². The quantitative estimate of drug-likeness (QED) is 0.818. The van der Waals surface area contributed by atoms with Gasteiger partial charge >= 0.3 is 0 Å². The fraction of sp³-hybridized carbons (Fsp3) is 0.474. The number of aryl methyl sites for hydroxylation is 1. The third-order valence-corrected chi connectivity index (χ3v) is 4.68. The normalized spacial score (nSPS) is 17.3. The molecule has 1 fully saturated rings. The predicted octanol–water partition coefficient (Wildman–Crippen LogP) is 3.17. The number of ether oxygens (including phenoxy) is 2. The molecule has 0 saturated carbocycles. The van der Waals surface area contributed by atoms with Crippen molar-refractivity contribution in [2.75, 3.05) is 32.6 Å². The highest BCUT2D eigenvalue weighted by Crippen LogP contribution is 2.38. The van der Waals surface area contributed by atoms with Gasteiger partial charge in [-0.3, -0.25) is 9.69 Å². The second kappa shape index (κ2) is 8.23. The fourth-order valence-corrected chi connectivity index (χ4v) is 3.42. The van der Waals surface area contributed by atoms with Crippen molar-refractivity contribution in [1.29, 1.82) is 0 Å². The Morgan fingerprint density at radius 2 is 2.19 bits per heavy atom. The van der Waals surface area contributed by atoms with Crippen molar-refractivity contribution in [3.8, 4) is 11.5 Å². The molecule has 1 unspecified atom stereocenters. The Bertz CT molecular complexity index is 759. The standard InChI is InChI=1S/C19H25N3O4/c1-13-11-18(21-26-13)20-19(23)8-10-22-9-4-5-16(22)15-12-14(24-2)6-7-17(15)25-3/h6-7,11-12,16H,4-5,8-10H2,1-3H3,(H,20,21,23). The van der Waals surface area contributed by atoms with Gasteiger partial charge in [0.25, 0.3) is 0 Å². The van der Waals surface area contributed by atoms with Crippen LogP contribution in [0, 0.1) is 6.92 Å². The van der Waals surface area contributed by atoms with Crippen LogP contribution in [-0.4, -0.2) is 43.3 Å². The molecule has 1 amide bonds. The summed E-state index contributed by atoms with van der Waals surface area (Å²) >= 11 is 0. The zero-order valence-electron chi connectivity index (χ0n) is 15.4. The number of hydrogen-bond acceptors (Lipinski definition) is 6. The molecule has 2 heterocycles. The molecule has 7 nitrogen and oxygen atoms in total. The van der Waals surface area contributed by atoms with Gasteiger partial charge in [0.05, 0.1) is 14.2 Å². The van der Waals surface area contributed by atoms with Crippen LogP contribution in [0.2, 0.25) is 0 Å². The Balaban J connectivity index is 1.64. The van der Waals surface area contributed by atoms with Crippen LogP contribution in [0.3, 0.4) is 0 Å². The van der Waals surface area contributed by atoms with E-state index in [1.54, 1.807) is 27.2 Å². The SMILES string of the molecule is COc1ccc(OC)c(C2CCCN2CCC(=O)Nc2cc(C)on2)c1. The molecule has 1 saturated heterocycles. The molecule has 140 valence electrons. The van der Waals surface area contributed by atoms with E-state index in [1.807, 2.05) is 18.2 Å². The van der Waals surface area contributed by atoms with E-state index in [9.17, 15) is 4.79 Å². The Morgan fingerprint density at radius 3 is 2.88 bits per heavy atom. The van der Waals surface area contributed by atoms with Crippen LogP contribution in [-0.2, 0) is 4.79 Å². The molecule has 0 aliphatic carbocycles. The molecule has 1 aliphatic rings. The van der Waals surface area contributed by atoms with E-state index in [-0.39, 0.29) is 11.9 Å². The number of methoxy groups -OCH3 is 2. The summed E-state index contributed by atoms with van der Waals surface area (Å²) < 4.78 is 15.9. The molecule has 26 heavy (non-hydrogen) atoms. The number of amides is 1. The van der Waals surface area contributed by atoms with Crippen molar-refractivity contribution < 1.29 is 18.8 Å². The van der Waals surface area contributed by atoms with Crippen LogP contribution in [0.25, 0.3) is 0 Å². The van der Waals surface area contributed by atoms with Crippen LogP contribution in [0.4, 0.5) is 5.82 Å². The molecule has 1 atom stereocenters. The third-order valence-electron chi connectivity index (χ3n) is 4.68. The van der Waals surface area contributed by atoms with E-state index in [1.165, 1.54) is 0 Å². The van der Waals surface area contributed by atoms with Gasteiger partial charge in [-0.15, -0.1) is 0 Å². The summed E-state index contributed by atoms with van der Waals surface area (Å²) in [5, 5.41) is 6.56. The van der Waals surface area contributed by atoms with Gasteiger partial charge in [-0.1, -0.05) is 5.16 Å². The maximum atomic E-state index is 12.2. The summed E-state index contributed by atoms with van der Waals surface area (Å²) in [4.78, 5) is 14.5. The third kappa shape index (κ3) is 4.16. The first-order valence-corrected chi connectivity index (χ1v) is 8.80.